The molecule has 0 amide bonds. The second-order valence-corrected chi connectivity index (χ2v) is 14.2. The zero-order chi connectivity index (χ0) is 38.6. The maximum absolute atomic E-state index is 5.85. The Labute approximate surface area is 333 Å². The van der Waals surface area contributed by atoms with E-state index in [4.69, 9.17) is 42.8 Å². The van der Waals surface area contributed by atoms with Crippen LogP contribution >= 0.6 is 35.6 Å². The van der Waals surface area contributed by atoms with E-state index in [9.17, 15) is 0 Å². The highest BCUT2D eigenvalue weighted by Crippen LogP contribution is 2.29. The second-order valence-electron chi connectivity index (χ2n) is 12.5. The van der Waals surface area contributed by atoms with Gasteiger partial charge in [-0.2, -0.15) is 0 Å². The molecule has 55 heavy (non-hydrogen) atoms. The van der Waals surface area contributed by atoms with Crippen molar-refractivity contribution in [2.45, 2.75) is 49.9 Å². The number of pyridine rings is 2. The fourth-order valence-corrected chi connectivity index (χ4v) is 7.14. The van der Waals surface area contributed by atoms with Crippen LogP contribution in [-0.4, -0.2) is 86.7 Å². The van der Waals surface area contributed by atoms with Crippen molar-refractivity contribution in [1.29, 1.82) is 0 Å². The summed E-state index contributed by atoms with van der Waals surface area (Å²) in [5.41, 5.74) is 12.2. The van der Waals surface area contributed by atoms with Gasteiger partial charge >= 0.3 is 0 Å². The molecule has 4 N–H and O–H groups in total. The van der Waals surface area contributed by atoms with Gasteiger partial charge in [0.25, 0.3) is 0 Å². The van der Waals surface area contributed by atoms with Gasteiger partial charge in [-0.25, -0.2) is 9.97 Å². The van der Waals surface area contributed by atoms with E-state index in [-0.39, 0.29) is 0 Å². The SMILES string of the molecule is COCCCOc1ccnc(CCl)c1C.COCCCOc1ccnc(CSc2nc3cc4nc[nH]c4cc3[nH]2)c1C.S=c1[nH]c2cc3c(cc2[nH]1)N=CC3. The largest absolute Gasteiger partial charge is 0.493 e. The van der Waals surface area contributed by atoms with Crippen LogP contribution in [0.5, 0.6) is 11.5 Å². The maximum atomic E-state index is 5.85. The van der Waals surface area contributed by atoms with Crippen LogP contribution in [0.1, 0.15) is 40.9 Å². The van der Waals surface area contributed by atoms with Crippen molar-refractivity contribution in [3.63, 3.8) is 0 Å². The van der Waals surface area contributed by atoms with E-state index in [0.717, 1.165) is 103 Å². The summed E-state index contributed by atoms with van der Waals surface area (Å²) < 4.78 is 22.1. The average Bonchev–Trinajstić information content (AvgIpc) is 4.00. The fraction of sp³-hybridized carbons (Fsp3) is 0.333. The number of imidazole rings is 3. The predicted molar refractivity (Wildman–Crippen MR) is 222 cm³/mol. The van der Waals surface area contributed by atoms with Crippen molar-refractivity contribution in [2.24, 2.45) is 4.99 Å². The van der Waals surface area contributed by atoms with Crippen LogP contribution in [0, 0.1) is 18.6 Å². The third kappa shape index (κ3) is 10.5. The molecule has 0 fully saturated rings. The minimum absolute atomic E-state index is 0.418. The predicted octanol–water partition coefficient (Wildman–Crippen LogP) is 8.88. The number of ether oxygens (including phenoxy) is 4. The lowest BCUT2D eigenvalue weighted by Crippen LogP contribution is -2.04. The molecule has 8 rings (SSSR count). The molecule has 0 radical (unpaired) electrons. The lowest BCUT2D eigenvalue weighted by atomic mass is 10.1. The van der Waals surface area contributed by atoms with E-state index in [1.54, 1.807) is 44.7 Å². The lowest BCUT2D eigenvalue weighted by Gasteiger charge is -2.11. The molecule has 1 aliphatic heterocycles. The van der Waals surface area contributed by atoms with Crippen LogP contribution in [0.25, 0.3) is 33.1 Å². The van der Waals surface area contributed by atoms with Gasteiger partial charge in [-0.3, -0.25) is 15.0 Å². The molecule has 288 valence electrons. The Kier molecular flexibility index (Phi) is 14.3. The molecule has 1 aliphatic rings. The number of alkyl halides is 1. The number of H-pyrrole nitrogens is 4. The Bertz CT molecular complexity index is 2380. The molecule has 0 aliphatic carbocycles. The lowest BCUT2D eigenvalue weighted by molar-refractivity contribution is 0.171. The number of nitrogens with zero attached hydrogens (tertiary/aromatic N) is 5. The highest BCUT2D eigenvalue weighted by Gasteiger charge is 2.12. The second kappa shape index (κ2) is 19.7. The first kappa shape index (κ1) is 39.9. The number of thioether (sulfide) groups is 1. The van der Waals surface area contributed by atoms with Gasteiger partial charge in [-0.05, 0) is 68.0 Å². The number of methoxy groups -OCH3 is 2. The molecule has 2 aromatic carbocycles. The molecule has 16 heteroatoms. The molecule has 0 saturated carbocycles. The normalized spacial score (nSPS) is 11.7. The van der Waals surface area contributed by atoms with E-state index >= 15 is 0 Å². The molecular weight excluding hydrogens is 758 g/mol. The number of rotatable bonds is 14. The van der Waals surface area contributed by atoms with Crippen molar-refractivity contribution in [1.82, 2.24) is 39.9 Å². The highest BCUT2D eigenvalue weighted by atomic mass is 35.5. The summed E-state index contributed by atoms with van der Waals surface area (Å²) in [5.74, 6) is 2.87. The summed E-state index contributed by atoms with van der Waals surface area (Å²) in [5, 5.41) is 0.866. The Morgan fingerprint density at radius 1 is 0.764 bits per heavy atom. The van der Waals surface area contributed by atoms with E-state index in [2.05, 4.69) is 50.9 Å². The van der Waals surface area contributed by atoms with E-state index in [0.29, 0.717) is 37.1 Å². The molecule has 5 aromatic heterocycles. The number of fused-ring (bicyclic) bond motifs is 4. The van der Waals surface area contributed by atoms with E-state index in [1.807, 2.05) is 50.4 Å². The molecule has 0 atom stereocenters. The molecule has 0 unspecified atom stereocenters. The zero-order valence-electron chi connectivity index (χ0n) is 31.2. The molecule has 13 nitrogen and oxygen atoms in total. The van der Waals surface area contributed by atoms with Crippen molar-refractivity contribution in [2.75, 3.05) is 40.6 Å². The molecular formula is C39H44ClN9O4S2. The number of aromatic amines is 4. The maximum Gasteiger partial charge on any atom is 0.175 e. The molecule has 6 heterocycles. The van der Waals surface area contributed by atoms with Crippen LogP contribution in [0.15, 0.2) is 65.3 Å². The van der Waals surface area contributed by atoms with Gasteiger partial charge in [-0.1, -0.05) is 11.8 Å². The van der Waals surface area contributed by atoms with Gasteiger partial charge in [0, 0.05) is 82.2 Å². The Morgan fingerprint density at radius 3 is 2.13 bits per heavy atom. The van der Waals surface area contributed by atoms with Crippen molar-refractivity contribution < 1.29 is 18.9 Å². The van der Waals surface area contributed by atoms with Gasteiger partial charge in [0.2, 0.25) is 0 Å². The number of nitrogens with one attached hydrogen (secondary N) is 4. The molecule has 7 aromatic rings. The van der Waals surface area contributed by atoms with Crippen LogP contribution < -0.4 is 9.47 Å². The average molecular weight is 802 g/mol. The Balaban J connectivity index is 0.000000155. The van der Waals surface area contributed by atoms with Crippen molar-refractivity contribution >= 4 is 80.6 Å². The van der Waals surface area contributed by atoms with Gasteiger partial charge < -0.3 is 38.9 Å². The summed E-state index contributed by atoms with van der Waals surface area (Å²) in [6, 6.07) is 11.9. The topological polar surface area (TPSA) is 164 Å². The minimum Gasteiger partial charge on any atom is -0.493 e. The van der Waals surface area contributed by atoms with E-state index in [1.165, 1.54) is 5.56 Å². The molecule has 0 bridgehead atoms. The first-order valence-electron chi connectivity index (χ1n) is 17.8. The smallest absolute Gasteiger partial charge is 0.175 e. The quantitative estimate of drug-likeness (QED) is 0.0362. The number of halogens is 1. The van der Waals surface area contributed by atoms with Crippen LogP contribution in [-0.2, 0) is 27.5 Å². The van der Waals surface area contributed by atoms with Crippen LogP contribution in [0.2, 0.25) is 0 Å². The van der Waals surface area contributed by atoms with Gasteiger partial charge in [-0.15, -0.1) is 11.6 Å². The first-order chi connectivity index (χ1) is 26.9. The molecule has 0 saturated heterocycles. The number of hydrogen-bond acceptors (Lipinski definition) is 11. The summed E-state index contributed by atoms with van der Waals surface area (Å²) in [6.07, 6.45) is 9.81. The highest BCUT2D eigenvalue weighted by molar-refractivity contribution is 7.98. The van der Waals surface area contributed by atoms with Gasteiger partial charge in [0.1, 0.15) is 11.5 Å². The van der Waals surface area contributed by atoms with Crippen molar-refractivity contribution in [3.05, 3.63) is 88.0 Å². The van der Waals surface area contributed by atoms with Crippen LogP contribution in [0.4, 0.5) is 5.69 Å². The Hall–Kier alpha value is -4.80. The summed E-state index contributed by atoms with van der Waals surface area (Å²) in [4.78, 5) is 34.5. The summed E-state index contributed by atoms with van der Waals surface area (Å²) in [7, 11) is 3.38. The summed E-state index contributed by atoms with van der Waals surface area (Å²) in [6.45, 7) is 6.71. The minimum atomic E-state index is 0.418. The summed E-state index contributed by atoms with van der Waals surface area (Å²) >= 11 is 12.4. The van der Waals surface area contributed by atoms with Crippen LogP contribution in [0.3, 0.4) is 0 Å². The number of benzene rings is 2. The Morgan fingerprint density at radius 2 is 1.44 bits per heavy atom. The van der Waals surface area contributed by atoms with Gasteiger partial charge in [0.15, 0.2) is 9.93 Å². The van der Waals surface area contributed by atoms with E-state index < -0.39 is 0 Å². The molecule has 0 spiro atoms. The number of aromatic nitrogens is 8. The monoisotopic (exact) mass is 801 g/mol. The third-order valence-electron chi connectivity index (χ3n) is 8.75. The van der Waals surface area contributed by atoms with Crippen molar-refractivity contribution in [3.8, 4) is 11.5 Å². The standard InChI is InChI=1S/C19H21N5O2S.C11H16ClNO2.C9H7N3S/c1-12-17(20-5-4-18(12)26-7-3-6-25-2)10-27-19-23-15-8-13-14(22-11-21-13)9-16(15)24-19;1-9-10(8-12)13-5-4-11(9)15-7-3-6-14-2;13-9-11-7-3-5-1-2-10-6(5)4-8(7)12-9/h4-5,8-9,11H,3,6-7,10H2,1-2H3,(H,21,22)(H,23,24);4-5H,3,6-8H2,1-2H3;2-4H,1H2,(H2,11,12,13). The zero-order valence-corrected chi connectivity index (χ0v) is 33.6. The third-order valence-corrected chi connectivity index (χ3v) is 10.1. The number of aliphatic imine (C=N–C) groups is 1. The first-order valence-corrected chi connectivity index (χ1v) is 19.7. The van der Waals surface area contributed by atoms with Gasteiger partial charge in [0.05, 0.1) is 75.6 Å². The fourth-order valence-electron chi connectivity index (χ4n) is 5.74. The number of hydrogen-bond donors (Lipinski definition) is 4.